The Kier molecular flexibility index (Phi) is 4.12. The fourth-order valence-electron chi connectivity index (χ4n) is 1.50. The van der Waals surface area contributed by atoms with Gasteiger partial charge in [-0.15, -0.1) is 11.3 Å². The zero-order valence-electron chi connectivity index (χ0n) is 10.4. The molecule has 20 heavy (non-hydrogen) atoms. The van der Waals surface area contributed by atoms with Gasteiger partial charge in [0.05, 0.1) is 17.7 Å². The smallest absolute Gasteiger partial charge is 0.356 e. The molecule has 106 valence electrons. The summed E-state index contributed by atoms with van der Waals surface area (Å²) in [6.07, 6.45) is 1.56. The van der Waals surface area contributed by atoms with Gasteiger partial charge in [-0.3, -0.25) is 4.98 Å². The standard InChI is InChI=1S/C11H11N3O4S2/c1-7-3-2-4-12-8(7)5-14-20(17,18)11-9(10(15)16)13-6-19-11/h2-4,6,14H,5H2,1H3,(H,15,16). The first-order chi connectivity index (χ1) is 9.42. The molecule has 2 aromatic heterocycles. The topological polar surface area (TPSA) is 109 Å². The molecule has 2 heterocycles. The number of aromatic carboxylic acids is 1. The van der Waals surface area contributed by atoms with Gasteiger partial charge in [0.2, 0.25) is 0 Å². The molecular formula is C11H11N3O4S2. The number of carbonyl (C=O) groups is 1. The van der Waals surface area contributed by atoms with Crippen LogP contribution in [0.1, 0.15) is 21.7 Å². The van der Waals surface area contributed by atoms with Crippen molar-refractivity contribution < 1.29 is 18.3 Å². The predicted molar refractivity (Wildman–Crippen MR) is 72.1 cm³/mol. The Morgan fingerprint density at radius 1 is 1.45 bits per heavy atom. The zero-order chi connectivity index (χ0) is 14.8. The second-order valence-corrected chi connectivity index (χ2v) is 6.70. The molecule has 0 saturated carbocycles. The van der Waals surface area contributed by atoms with Gasteiger partial charge in [0.25, 0.3) is 10.0 Å². The Morgan fingerprint density at radius 3 is 2.85 bits per heavy atom. The van der Waals surface area contributed by atoms with E-state index in [1.54, 1.807) is 12.3 Å². The summed E-state index contributed by atoms with van der Waals surface area (Å²) in [5, 5.41) is 8.89. The van der Waals surface area contributed by atoms with Crippen molar-refractivity contribution >= 4 is 27.3 Å². The van der Waals surface area contributed by atoms with Crippen LogP contribution in [-0.4, -0.2) is 29.5 Å². The van der Waals surface area contributed by atoms with Gasteiger partial charge in [-0.05, 0) is 18.6 Å². The lowest BCUT2D eigenvalue weighted by Gasteiger charge is -2.06. The quantitative estimate of drug-likeness (QED) is 0.853. The van der Waals surface area contributed by atoms with Crippen LogP contribution in [0.4, 0.5) is 0 Å². The van der Waals surface area contributed by atoms with Crippen molar-refractivity contribution in [2.45, 2.75) is 17.7 Å². The first kappa shape index (κ1) is 14.6. The Bertz CT molecular complexity index is 740. The highest BCUT2D eigenvalue weighted by atomic mass is 32.2. The van der Waals surface area contributed by atoms with Crippen LogP contribution >= 0.6 is 11.3 Å². The van der Waals surface area contributed by atoms with E-state index in [0.717, 1.165) is 16.9 Å². The van der Waals surface area contributed by atoms with Gasteiger partial charge in [0, 0.05) is 6.20 Å². The Labute approximate surface area is 119 Å². The monoisotopic (exact) mass is 313 g/mol. The van der Waals surface area contributed by atoms with Gasteiger partial charge in [-0.25, -0.2) is 22.9 Å². The van der Waals surface area contributed by atoms with Crippen LogP contribution < -0.4 is 4.72 Å². The van der Waals surface area contributed by atoms with Gasteiger partial charge in [-0.2, -0.15) is 0 Å². The lowest BCUT2D eigenvalue weighted by atomic mass is 10.2. The van der Waals surface area contributed by atoms with E-state index in [4.69, 9.17) is 5.11 Å². The molecule has 9 heteroatoms. The fraction of sp³-hybridized carbons (Fsp3) is 0.182. The van der Waals surface area contributed by atoms with Crippen LogP contribution in [0.15, 0.2) is 28.0 Å². The van der Waals surface area contributed by atoms with Crippen molar-refractivity contribution in [1.82, 2.24) is 14.7 Å². The molecule has 0 radical (unpaired) electrons. The summed E-state index contributed by atoms with van der Waals surface area (Å²) < 4.78 is 26.2. The van der Waals surface area contributed by atoms with Crippen LogP contribution in [0.3, 0.4) is 0 Å². The van der Waals surface area contributed by atoms with E-state index in [2.05, 4.69) is 14.7 Å². The van der Waals surface area contributed by atoms with Crippen molar-refractivity contribution in [2.24, 2.45) is 0 Å². The number of carboxylic acid groups (broad SMARTS) is 1. The molecule has 2 N–H and O–H groups in total. The predicted octanol–water partition coefficient (Wildman–Crippen LogP) is 1.02. The number of carboxylic acids is 1. The number of nitrogens with zero attached hydrogens (tertiary/aromatic N) is 2. The number of pyridine rings is 1. The summed E-state index contributed by atoms with van der Waals surface area (Å²) in [4.78, 5) is 18.5. The summed E-state index contributed by atoms with van der Waals surface area (Å²) >= 11 is 0.761. The molecule has 0 aliphatic carbocycles. The van der Waals surface area contributed by atoms with Gasteiger partial charge in [-0.1, -0.05) is 6.07 Å². The average molecular weight is 313 g/mol. The lowest BCUT2D eigenvalue weighted by molar-refractivity contribution is 0.0687. The van der Waals surface area contributed by atoms with E-state index in [0.29, 0.717) is 5.69 Å². The van der Waals surface area contributed by atoms with Gasteiger partial charge in [0.15, 0.2) is 9.90 Å². The molecule has 0 saturated heterocycles. The minimum atomic E-state index is -3.92. The average Bonchev–Trinajstić information content (AvgIpc) is 2.88. The third kappa shape index (κ3) is 3.00. The number of sulfonamides is 1. The van der Waals surface area contributed by atoms with E-state index in [9.17, 15) is 13.2 Å². The molecule has 0 aliphatic heterocycles. The van der Waals surface area contributed by atoms with Crippen LogP contribution in [0, 0.1) is 6.92 Å². The molecule has 2 aromatic rings. The number of hydrogen-bond donors (Lipinski definition) is 2. The van der Waals surface area contributed by atoms with Crippen molar-refractivity contribution in [1.29, 1.82) is 0 Å². The number of aryl methyl sites for hydroxylation is 1. The molecule has 0 bridgehead atoms. The molecule has 0 unspecified atom stereocenters. The molecule has 0 aliphatic rings. The Balaban J connectivity index is 2.22. The number of rotatable bonds is 5. The van der Waals surface area contributed by atoms with E-state index in [-0.39, 0.29) is 10.8 Å². The number of aromatic nitrogens is 2. The number of nitrogens with one attached hydrogen (secondary N) is 1. The molecule has 7 nitrogen and oxygen atoms in total. The van der Waals surface area contributed by atoms with Gasteiger partial charge in [0.1, 0.15) is 0 Å². The maximum Gasteiger partial charge on any atom is 0.356 e. The zero-order valence-corrected chi connectivity index (χ0v) is 12.0. The number of hydrogen-bond acceptors (Lipinski definition) is 6. The highest BCUT2D eigenvalue weighted by molar-refractivity contribution is 7.91. The van der Waals surface area contributed by atoms with Crippen LogP contribution in [0.25, 0.3) is 0 Å². The largest absolute Gasteiger partial charge is 0.476 e. The summed E-state index contributed by atoms with van der Waals surface area (Å²) in [5.41, 5.74) is 2.14. The summed E-state index contributed by atoms with van der Waals surface area (Å²) in [7, 11) is -3.92. The third-order valence-corrected chi connectivity index (χ3v) is 5.30. The molecule has 0 spiro atoms. The Hall–Kier alpha value is -1.84. The van der Waals surface area contributed by atoms with Crippen molar-refractivity contribution in [3.8, 4) is 0 Å². The van der Waals surface area contributed by atoms with E-state index in [1.165, 1.54) is 5.51 Å². The summed E-state index contributed by atoms with van der Waals surface area (Å²) in [5.74, 6) is -1.37. The molecule has 0 amide bonds. The fourth-order valence-corrected chi connectivity index (χ4v) is 3.67. The second kappa shape index (κ2) is 5.65. The molecular weight excluding hydrogens is 302 g/mol. The molecule has 0 aromatic carbocycles. The maximum atomic E-state index is 12.1. The minimum Gasteiger partial charge on any atom is -0.476 e. The SMILES string of the molecule is Cc1cccnc1CNS(=O)(=O)c1scnc1C(=O)O. The minimum absolute atomic E-state index is 0.00797. The first-order valence-electron chi connectivity index (χ1n) is 5.49. The summed E-state index contributed by atoms with van der Waals surface area (Å²) in [6.45, 7) is 1.80. The van der Waals surface area contributed by atoms with Crippen molar-refractivity contribution in [3.05, 3.63) is 40.8 Å². The molecule has 2 rings (SSSR count). The van der Waals surface area contributed by atoms with E-state index < -0.39 is 21.7 Å². The highest BCUT2D eigenvalue weighted by Crippen LogP contribution is 2.20. The van der Waals surface area contributed by atoms with Gasteiger partial charge >= 0.3 is 5.97 Å². The van der Waals surface area contributed by atoms with E-state index in [1.807, 2.05) is 13.0 Å². The van der Waals surface area contributed by atoms with Crippen molar-refractivity contribution in [2.75, 3.05) is 0 Å². The highest BCUT2D eigenvalue weighted by Gasteiger charge is 2.25. The Morgan fingerprint density at radius 2 is 2.20 bits per heavy atom. The second-order valence-electron chi connectivity index (χ2n) is 3.89. The third-order valence-electron chi connectivity index (χ3n) is 2.53. The normalized spacial score (nSPS) is 11.4. The first-order valence-corrected chi connectivity index (χ1v) is 7.85. The number of thiazole rings is 1. The van der Waals surface area contributed by atoms with Gasteiger partial charge < -0.3 is 5.11 Å². The maximum absolute atomic E-state index is 12.1. The van der Waals surface area contributed by atoms with Crippen LogP contribution in [-0.2, 0) is 16.6 Å². The lowest BCUT2D eigenvalue weighted by Crippen LogP contribution is -2.25. The molecule has 0 atom stereocenters. The van der Waals surface area contributed by atoms with Crippen LogP contribution in [0.5, 0.6) is 0 Å². The van der Waals surface area contributed by atoms with Crippen molar-refractivity contribution in [3.63, 3.8) is 0 Å². The van der Waals surface area contributed by atoms with Crippen LogP contribution in [0.2, 0.25) is 0 Å². The molecule has 0 fully saturated rings. The summed E-state index contributed by atoms with van der Waals surface area (Å²) in [6, 6.07) is 3.56. The van der Waals surface area contributed by atoms with E-state index >= 15 is 0 Å².